The fourth-order valence-electron chi connectivity index (χ4n) is 6.83. The van der Waals surface area contributed by atoms with Gasteiger partial charge in [0.05, 0.1) is 44.5 Å². The number of nitrogens with zero attached hydrogens (tertiary/aromatic N) is 1. The van der Waals surface area contributed by atoms with Crippen molar-refractivity contribution in [3.8, 4) is 16.9 Å². The van der Waals surface area contributed by atoms with Crippen LogP contribution in [0.4, 0.5) is 16.2 Å². The number of aromatic hydroxyl groups is 1. The number of fused-ring (bicyclic) bond motifs is 1. The number of piperidine rings is 1. The average Bonchev–Trinajstić information content (AvgIpc) is 3.13. The zero-order chi connectivity index (χ0) is 37.5. The van der Waals surface area contributed by atoms with Crippen molar-refractivity contribution >= 4 is 34.3 Å². The number of aliphatic hydroxyl groups is 1. The molecule has 1 aliphatic rings. The van der Waals surface area contributed by atoms with Crippen LogP contribution in [0.25, 0.3) is 22.0 Å². The molecule has 1 saturated heterocycles. The predicted molar refractivity (Wildman–Crippen MR) is 208 cm³/mol. The van der Waals surface area contributed by atoms with Gasteiger partial charge in [-0.15, -0.1) is 0 Å². The Bertz CT molecular complexity index is 2140. The number of amides is 2. The number of phenols is 1. The molecular weight excluding hydrogens is 670 g/mol. The molecule has 0 radical (unpaired) electrons. The first kappa shape index (κ1) is 37.3. The molecule has 53 heavy (non-hydrogen) atoms. The van der Waals surface area contributed by atoms with Crippen molar-refractivity contribution in [3.05, 3.63) is 124 Å². The third-order valence-electron chi connectivity index (χ3n) is 9.98. The molecular formula is C42H48N5O6+. The monoisotopic (exact) mass is 718 g/mol. The number of nitrogens with one attached hydrogen (secondary N) is 4. The van der Waals surface area contributed by atoms with Crippen molar-refractivity contribution < 1.29 is 29.0 Å². The quantitative estimate of drug-likeness (QED) is 0.0818. The summed E-state index contributed by atoms with van der Waals surface area (Å²) in [6, 6.07) is 27.5. The third kappa shape index (κ3) is 9.69. The SMILES string of the molecule is Cc1cc(NC(=O)CCc2ccc(-c3ccccc3)c(NC(=O)OC3CC[N+](C)(C)CC3)c2)ccc1CNC[C@@H](O)c1ccc(O)c2[nH]c(=O)ccc12. The van der Waals surface area contributed by atoms with Crippen molar-refractivity contribution in [2.24, 2.45) is 0 Å². The van der Waals surface area contributed by atoms with Crippen LogP contribution in [0.3, 0.4) is 0 Å². The molecule has 0 spiro atoms. The van der Waals surface area contributed by atoms with E-state index in [0.29, 0.717) is 40.8 Å². The van der Waals surface area contributed by atoms with E-state index in [-0.39, 0.29) is 36.3 Å². The molecule has 5 aromatic rings. The summed E-state index contributed by atoms with van der Waals surface area (Å²) in [5.41, 5.74) is 6.65. The number of hydrogen-bond donors (Lipinski definition) is 6. The van der Waals surface area contributed by atoms with Crippen molar-refractivity contribution in [3.63, 3.8) is 0 Å². The summed E-state index contributed by atoms with van der Waals surface area (Å²) < 4.78 is 6.75. The number of pyridine rings is 1. The summed E-state index contributed by atoms with van der Waals surface area (Å²) in [6.07, 6.45) is 0.949. The molecule has 1 fully saturated rings. The maximum absolute atomic E-state index is 13.0. The highest BCUT2D eigenvalue weighted by Gasteiger charge is 2.28. The van der Waals surface area contributed by atoms with Crippen molar-refractivity contribution in [2.75, 3.05) is 44.4 Å². The maximum atomic E-state index is 13.0. The first-order valence-corrected chi connectivity index (χ1v) is 18.1. The van der Waals surface area contributed by atoms with Crippen LogP contribution < -0.4 is 21.5 Å². The van der Waals surface area contributed by atoms with E-state index in [0.717, 1.165) is 58.2 Å². The number of rotatable bonds is 12. The highest BCUT2D eigenvalue weighted by atomic mass is 16.6. The Kier molecular flexibility index (Phi) is 11.6. The highest BCUT2D eigenvalue weighted by Crippen LogP contribution is 2.31. The number of anilines is 2. The van der Waals surface area contributed by atoms with Crippen LogP contribution >= 0.6 is 0 Å². The van der Waals surface area contributed by atoms with Gasteiger partial charge in [-0.1, -0.05) is 54.6 Å². The van der Waals surface area contributed by atoms with Gasteiger partial charge in [-0.25, -0.2) is 4.79 Å². The van der Waals surface area contributed by atoms with E-state index < -0.39 is 12.2 Å². The lowest BCUT2D eigenvalue weighted by Gasteiger charge is -2.36. The van der Waals surface area contributed by atoms with Crippen molar-refractivity contribution in [1.82, 2.24) is 10.3 Å². The number of aryl methyl sites for hydroxylation is 2. The Hall–Kier alpha value is -5.49. The fourth-order valence-corrected chi connectivity index (χ4v) is 6.83. The Morgan fingerprint density at radius 1 is 0.943 bits per heavy atom. The van der Waals surface area contributed by atoms with Crippen LogP contribution in [0.2, 0.25) is 0 Å². The highest BCUT2D eigenvalue weighted by molar-refractivity contribution is 5.93. The van der Waals surface area contributed by atoms with Gasteiger partial charge in [0.1, 0.15) is 11.9 Å². The zero-order valence-electron chi connectivity index (χ0n) is 30.4. The lowest BCUT2D eigenvalue weighted by molar-refractivity contribution is -0.896. The summed E-state index contributed by atoms with van der Waals surface area (Å²) in [4.78, 5) is 40.4. The van der Waals surface area contributed by atoms with Crippen LogP contribution in [-0.4, -0.2) is 71.5 Å². The van der Waals surface area contributed by atoms with Gasteiger partial charge in [0.2, 0.25) is 11.5 Å². The van der Waals surface area contributed by atoms with Gasteiger partial charge in [0.25, 0.3) is 0 Å². The predicted octanol–water partition coefficient (Wildman–Crippen LogP) is 6.39. The number of likely N-dealkylation sites (tertiary alicyclic amines) is 1. The minimum Gasteiger partial charge on any atom is -0.506 e. The van der Waals surface area contributed by atoms with E-state index in [4.69, 9.17) is 4.74 Å². The molecule has 6 rings (SSSR count). The van der Waals surface area contributed by atoms with E-state index in [1.54, 1.807) is 12.1 Å². The number of aliphatic hydroxyl groups excluding tert-OH is 1. The van der Waals surface area contributed by atoms with Crippen LogP contribution in [0.1, 0.15) is 47.6 Å². The van der Waals surface area contributed by atoms with E-state index in [1.165, 1.54) is 12.1 Å². The second kappa shape index (κ2) is 16.5. The Morgan fingerprint density at radius 2 is 1.72 bits per heavy atom. The lowest BCUT2D eigenvalue weighted by atomic mass is 9.99. The number of carbonyl (C=O) groups excluding carboxylic acids is 2. The van der Waals surface area contributed by atoms with Gasteiger partial charge in [-0.2, -0.15) is 0 Å². The zero-order valence-corrected chi connectivity index (χ0v) is 30.4. The molecule has 0 saturated carbocycles. The first-order valence-electron chi connectivity index (χ1n) is 18.1. The van der Waals surface area contributed by atoms with Gasteiger partial charge in [0, 0.05) is 55.1 Å². The van der Waals surface area contributed by atoms with Gasteiger partial charge in [-0.05, 0) is 71.5 Å². The molecule has 11 nitrogen and oxygen atoms in total. The second-order valence-electron chi connectivity index (χ2n) is 14.5. The molecule has 2 heterocycles. The topological polar surface area (TPSA) is 153 Å². The summed E-state index contributed by atoms with van der Waals surface area (Å²) >= 11 is 0. The van der Waals surface area contributed by atoms with Crippen LogP contribution in [0.15, 0.2) is 95.8 Å². The van der Waals surface area contributed by atoms with Gasteiger partial charge in [-0.3, -0.25) is 14.9 Å². The summed E-state index contributed by atoms with van der Waals surface area (Å²) in [6.45, 7) is 4.63. The number of aromatic nitrogens is 1. The summed E-state index contributed by atoms with van der Waals surface area (Å²) in [7, 11) is 4.38. The molecule has 0 aliphatic carbocycles. The lowest BCUT2D eigenvalue weighted by Crippen LogP contribution is -2.48. The number of quaternary nitrogens is 1. The number of hydrogen-bond acceptors (Lipinski definition) is 7. The number of phenolic OH excluding ortho intramolecular Hbond substituents is 1. The minimum absolute atomic E-state index is 0.0548. The molecule has 6 N–H and O–H groups in total. The Morgan fingerprint density at radius 3 is 2.47 bits per heavy atom. The van der Waals surface area contributed by atoms with Gasteiger partial charge >= 0.3 is 6.09 Å². The van der Waals surface area contributed by atoms with E-state index in [9.17, 15) is 24.6 Å². The van der Waals surface area contributed by atoms with Crippen LogP contribution in [0, 0.1) is 6.92 Å². The molecule has 0 unspecified atom stereocenters. The second-order valence-corrected chi connectivity index (χ2v) is 14.5. The van der Waals surface area contributed by atoms with E-state index >= 15 is 0 Å². The standard InChI is InChI=1S/C42H47N5O6/c1-27-23-31(12-11-30(27)25-43-26-38(49)34-14-16-37(48)41-35(34)15-18-40(51)46-41)44-39(50)17-10-28-9-13-33(29-7-5-4-6-8-29)36(24-28)45-42(52)53-32-19-21-47(2,3)22-20-32/h4-9,11-16,18,23-24,32,38,43,49H,10,17,19-22,25-26H2,1-3H3,(H3-,44,45,46,48,50,51,52)/p+1/t38-/m1/s1. The number of H-pyrrole nitrogens is 1. The smallest absolute Gasteiger partial charge is 0.411 e. The molecule has 0 bridgehead atoms. The molecule has 11 heteroatoms. The van der Waals surface area contributed by atoms with Crippen molar-refractivity contribution in [1.29, 1.82) is 0 Å². The molecule has 1 atom stereocenters. The Balaban J connectivity index is 1.03. The molecule has 4 aromatic carbocycles. The first-order chi connectivity index (χ1) is 25.4. The fraction of sp³-hybridized carbons (Fsp3) is 0.310. The number of ether oxygens (including phenoxy) is 1. The normalized spacial score (nSPS) is 14.8. The van der Waals surface area contributed by atoms with Crippen LogP contribution in [-0.2, 0) is 22.5 Å². The van der Waals surface area contributed by atoms with Gasteiger partial charge < -0.3 is 35.1 Å². The van der Waals surface area contributed by atoms with Crippen LogP contribution in [0.5, 0.6) is 5.75 Å². The molecule has 276 valence electrons. The van der Waals surface area contributed by atoms with Gasteiger partial charge in [0.15, 0.2) is 0 Å². The summed E-state index contributed by atoms with van der Waals surface area (Å²) in [5, 5.41) is 30.9. The van der Waals surface area contributed by atoms with Crippen molar-refractivity contribution in [2.45, 2.75) is 51.4 Å². The molecule has 1 aliphatic heterocycles. The maximum Gasteiger partial charge on any atom is 0.411 e. The number of aromatic amines is 1. The number of benzene rings is 4. The molecule has 2 amide bonds. The minimum atomic E-state index is -0.869. The summed E-state index contributed by atoms with van der Waals surface area (Å²) in [5.74, 6) is -0.179. The third-order valence-corrected chi connectivity index (χ3v) is 9.98. The van der Waals surface area contributed by atoms with E-state index in [1.807, 2.05) is 73.7 Å². The largest absolute Gasteiger partial charge is 0.506 e. The molecule has 1 aromatic heterocycles. The Labute approximate surface area is 309 Å². The average molecular weight is 719 g/mol. The number of carbonyl (C=O) groups is 2. The van der Waals surface area contributed by atoms with E-state index in [2.05, 4.69) is 35.0 Å².